The number of pyridine rings is 1. The molecule has 118 valence electrons. The van der Waals surface area contributed by atoms with E-state index in [-0.39, 0.29) is 0 Å². The number of anilines is 1. The van der Waals surface area contributed by atoms with Gasteiger partial charge in [0.15, 0.2) is 5.65 Å². The van der Waals surface area contributed by atoms with Gasteiger partial charge in [-0.2, -0.15) is 5.10 Å². The molecule has 3 aromatic rings. The molecule has 0 spiro atoms. The molecule has 1 fully saturated rings. The Bertz CT molecular complexity index is 820. The zero-order chi connectivity index (χ0) is 15.8. The number of nitrogens with zero attached hydrogens (tertiary/aromatic N) is 5. The van der Waals surface area contributed by atoms with Gasteiger partial charge in [-0.05, 0) is 44.9 Å². The summed E-state index contributed by atoms with van der Waals surface area (Å²) in [5, 5.41) is 8.66. The van der Waals surface area contributed by atoms with Crippen molar-refractivity contribution in [3.8, 4) is 0 Å². The standard InChI is InChI=1S/C17H20N6/c1-11-9-12(2)20-17(19-11)23-8-4-5-13(10-23)15-14-6-3-7-18-16(14)22-21-15/h3,6-7,9,13H,4-5,8,10H2,1-2H3,(H,18,21,22). The lowest BCUT2D eigenvalue weighted by atomic mass is 9.93. The minimum atomic E-state index is 0.405. The monoisotopic (exact) mass is 308 g/mol. The predicted octanol–water partition coefficient (Wildman–Crippen LogP) is 2.75. The molecular formula is C17H20N6. The van der Waals surface area contributed by atoms with Crippen LogP contribution in [0.1, 0.15) is 35.8 Å². The molecule has 1 atom stereocenters. The maximum atomic E-state index is 4.61. The zero-order valence-electron chi connectivity index (χ0n) is 13.5. The molecule has 1 N–H and O–H groups in total. The molecule has 0 aliphatic carbocycles. The van der Waals surface area contributed by atoms with Crippen LogP contribution in [-0.4, -0.2) is 38.2 Å². The van der Waals surface area contributed by atoms with E-state index in [9.17, 15) is 0 Å². The summed E-state index contributed by atoms with van der Waals surface area (Å²) in [7, 11) is 0. The first-order chi connectivity index (χ1) is 11.2. The highest BCUT2D eigenvalue weighted by Crippen LogP contribution is 2.31. The van der Waals surface area contributed by atoms with Crippen molar-refractivity contribution in [2.75, 3.05) is 18.0 Å². The van der Waals surface area contributed by atoms with Gasteiger partial charge in [0.2, 0.25) is 5.95 Å². The molecule has 1 aliphatic rings. The average molecular weight is 308 g/mol. The lowest BCUT2D eigenvalue weighted by Crippen LogP contribution is -2.36. The quantitative estimate of drug-likeness (QED) is 0.788. The minimum absolute atomic E-state index is 0.405. The van der Waals surface area contributed by atoms with Gasteiger partial charge in [-0.3, -0.25) is 5.10 Å². The van der Waals surface area contributed by atoms with Crippen LogP contribution < -0.4 is 4.90 Å². The molecule has 0 saturated carbocycles. The zero-order valence-corrected chi connectivity index (χ0v) is 13.5. The van der Waals surface area contributed by atoms with Crippen molar-refractivity contribution in [1.82, 2.24) is 25.1 Å². The molecule has 4 heterocycles. The third-order valence-corrected chi connectivity index (χ3v) is 4.44. The Labute approximate surface area is 135 Å². The summed E-state index contributed by atoms with van der Waals surface area (Å²) in [5.41, 5.74) is 4.01. The van der Waals surface area contributed by atoms with Gasteiger partial charge in [-0.25, -0.2) is 15.0 Å². The molecular weight excluding hydrogens is 288 g/mol. The predicted molar refractivity (Wildman–Crippen MR) is 89.6 cm³/mol. The first kappa shape index (κ1) is 14.1. The maximum Gasteiger partial charge on any atom is 0.225 e. The second-order valence-corrected chi connectivity index (χ2v) is 6.25. The number of H-pyrrole nitrogens is 1. The SMILES string of the molecule is Cc1cc(C)nc(N2CCCC(c3[nH]nc4ncccc34)C2)n1. The highest BCUT2D eigenvalue weighted by atomic mass is 15.3. The number of aryl methyl sites for hydroxylation is 2. The van der Waals surface area contributed by atoms with Gasteiger partial charge in [0.05, 0.1) is 0 Å². The van der Waals surface area contributed by atoms with E-state index >= 15 is 0 Å². The second kappa shape index (κ2) is 5.61. The number of fused-ring (bicyclic) bond motifs is 1. The molecule has 1 saturated heterocycles. The van der Waals surface area contributed by atoms with Crippen LogP contribution in [0.3, 0.4) is 0 Å². The van der Waals surface area contributed by atoms with Crippen LogP contribution in [0, 0.1) is 13.8 Å². The van der Waals surface area contributed by atoms with E-state index in [0.29, 0.717) is 5.92 Å². The smallest absolute Gasteiger partial charge is 0.225 e. The van der Waals surface area contributed by atoms with E-state index in [0.717, 1.165) is 54.3 Å². The van der Waals surface area contributed by atoms with Crippen molar-refractivity contribution < 1.29 is 0 Å². The van der Waals surface area contributed by atoms with Crippen molar-refractivity contribution in [2.24, 2.45) is 0 Å². The normalized spacial score (nSPS) is 18.5. The van der Waals surface area contributed by atoms with Gasteiger partial charge in [0.25, 0.3) is 0 Å². The van der Waals surface area contributed by atoms with Crippen LogP contribution in [-0.2, 0) is 0 Å². The molecule has 3 aromatic heterocycles. The Morgan fingerprint density at radius 3 is 2.87 bits per heavy atom. The van der Waals surface area contributed by atoms with Crippen molar-refractivity contribution in [2.45, 2.75) is 32.6 Å². The molecule has 1 aliphatic heterocycles. The summed E-state index contributed by atoms with van der Waals surface area (Å²) >= 11 is 0. The van der Waals surface area contributed by atoms with Crippen LogP contribution in [0.25, 0.3) is 11.0 Å². The Morgan fingerprint density at radius 1 is 1.22 bits per heavy atom. The van der Waals surface area contributed by atoms with Crippen LogP contribution >= 0.6 is 0 Å². The van der Waals surface area contributed by atoms with Crippen molar-refractivity contribution >= 4 is 17.0 Å². The minimum Gasteiger partial charge on any atom is -0.340 e. The highest BCUT2D eigenvalue weighted by molar-refractivity contribution is 5.78. The Morgan fingerprint density at radius 2 is 2.04 bits per heavy atom. The maximum absolute atomic E-state index is 4.61. The molecule has 1 unspecified atom stereocenters. The molecule has 0 radical (unpaired) electrons. The molecule has 0 amide bonds. The molecule has 6 nitrogen and oxygen atoms in total. The molecule has 0 aromatic carbocycles. The molecule has 23 heavy (non-hydrogen) atoms. The van der Waals surface area contributed by atoms with E-state index in [1.807, 2.05) is 26.0 Å². The first-order valence-electron chi connectivity index (χ1n) is 8.07. The van der Waals surface area contributed by atoms with Gasteiger partial charge < -0.3 is 4.90 Å². The number of nitrogens with one attached hydrogen (secondary N) is 1. The fourth-order valence-electron chi connectivity index (χ4n) is 3.42. The van der Waals surface area contributed by atoms with Gasteiger partial charge in [0.1, 0.15) is 0 Å². The second-order valence-electron chi connectivity index (χ2n) is 6.25. The average Bonchev–Trinajstić information content (AvgIpc) is 2.98. The Hall–Kier alpha value is -2.50. The van der Waals surface area contributed by atoms with Crippen LogP contribution in [0.4, 0.5) is 5.95 Å². The van der Waals surface area contributed by atoms with Crippen LogP contribution in [0.15, 0.2) is 24.4 Å². The fourth-order valence-corrected chi connectivity index (χ4v) is 3.42. The largest absolute Gasteiger partial charge is 0.340 e. The Kier molecular flexibility index (Phi) is 3.44. The van der Waals surface area contributed by atoms with Crippen LogP contribution in [0.5, 0.6) is 0 Å². The highest BCUT2D eigenvalue weighted by Gasteiger charge is 2.26. The third-order valence-electron chi connectivity index (χ3n) is 4.44. The molecule has 0 bridgehead atoms. The number of aromatic nitrogens is 5. The molecule has 6 heteroatoms. The summed E-state index contributed by atoms with van der Waals surface area (Å²) in [6.45, 7) is 5.96. The van der Waals surface area contributed by atoms with E-state index in [1.54, 1.807) is 6.20 Å². The van der Waals surface area contributed by atoms with E-state index in [4.69, 9.17) is 0 Å². The topological polar surface area (TPSA) is 70.6 Å². The van der Waals surface area contributed by atoms with Crippen molar-refractivity contribution in [1.29, 1.82) is 0 Å². The third kappa shape index (κ3) is 2.65. The first-order valence-corrected chi connectivity index (χ1v) is 8.07. The lowest BCUT2D eigenvalue weighted by molar-refractivity contribution is 0.496. The summed E-state index contributed by atoms with van der Waals surface area (Å²) < 4.78 is 0. The molecule has 4 rings (SSSR count). The van der Waals surface area contributed by atoms with E-state index in [1.165, 1.54) is 5.69 Å². The summed E-state index contributed by atoms with van der Waals surface area (Å²) in [4.78, 5) is 15.8. The fraction of sp³-hybridized carbons (Fsp3) is 0.412. The Balaban J connectivity index is 1.64. The number of aromatic amines is 1. The van der Waals surface area contributed by atoms with Crippen LogP contribution in [0.2, 0.25) is 0 Å². The summed E-state index contributed by atoms with van der Waals surface area (Å²) in [5.74, 6) is 1.25. The van der Waals surface area contributed by atoms with Crippen molar-refractivity contribution in [3.05, 3.63) is 41.5 Å². The lowest BCUT2D eigenvalue weighted by Gasteiger charge is -2.32. The number of hydrogen-bond donors (Lipinski definition) is 1. The van der Waals surface area contributed by atoms with Gasteiger partial charge in [-0.1, -0.05) is 0 Å². The number of hydrogen-bond acceptors (Lipinski definition) is 5. The van der Waals surface area contributed by atoms with E-state index in [2.05, 4.69) is 36.1 Å². The summed E-state index contributed by atoms with van der Waals surface area (Å²) in [6, 6.07) is 6.07. The van der Waals surface area contributed by atoms with Gasteiger partial charge >= 0.3 is 0 Å². The number of piperidine rings is 1. The van der Waals surface area contributed by atoms with Gasteiger partial charge in [-0.15, -0.1) is 0 Å². The van der Waals surface area contributed by atoms with Gasteiger partial charge in [0, 0.05) is 47.7 Å². The van der Waals surface area contributed by atoms with E-state index < -0.39 is 0 Å². The van der Waals surface area contributed by atoms with Crippen molar-refractivity contribution in [3.63, 3.8) is 0 Å². The number of rotatable bonds is 2. The summed E-state index contributed by atoms with van der Waals surface area (Å²) in [6.07, 6.45) is 4.05.